The van der Waals surface area contributed by atoms with Gasteiger partial charge in [-0.25, -0.2) is 0 Å². The Bertz CT molecular complexity index is 640. The van der Waals surface area contributed by atoms with Crippen molar-refractivity contribution in [2.24, 2.45) is 5.73 Å². The molecule has 118 valence electrons. The number of hydrogen-bond acceptors (Lipinski definition) is 4. The van der Waals surface area contributed by atoms with Crippen LogP contribution in [0.1, 0.15) is 28.1 Å². The van der Waals surface area contributed by atoms with Gasteiger partial charge < -0.3 is 20.2 Å². The first-order valence-electron chi connectivity index (χ1n) is 7.05. The first-order chi connectivity index (χ1) is 10.6. The van der Waals surface area contributed by atoms with Gasteiger partial charge in [-0.15, -0.1) is 0 Å². The number of benzene rings is 1. The molecule has 1 amide bonds. The molecule has 0 atom stereocenters. The molecule has 1 aromatic heterocycles. The largest absolute Gasteiger partial charge is 0.493 e. The second-order valence-corrected chi connectivity index (χ2v) is 5.31. The van der Waals surface area contributed by atoms with E-state index in [1.54, 1.807) is 12.1 Å². The molecule has 2 rings (SSSR count). The topological polar surface area (TPSA) is 77.5 Å². The van der Waals surface area contributed by atoms with E-state index in [0.29, 0.717) is 35.9 Å². The Labute approximate surface area is 134 Å². The van der Waals surface area contributed by atoms with Crippen LogP contribution in [-0.2, 0) is 6.54 Å². The minimum absolute atomic E-state index is 0.175. The molecule has 6 heteroatoms. The Hall–Kier alpha value is -1.98. The van der Waals surface area contributed by atoms with E-state index >= 15 is 0 Å². The molecule has 0 unspecified atom stereocenters. The Morgan fingerprint density at radius 3 is 2.91 bits per heavy atom. The van der Waals surface area contributed by atoms with Gasteiger partial charge in [0.2, 0.25) is 0 Å². The normalized spacial score (nSPS) is 10.5. The van der Waals surface area contributed by atoms with Gasteiger partial charge in [0.05, 0.1) is 18.7 Å². The smallest absolute Gasteiger partial charge is 0.254 e. The third-order valence-corrected chi connectivity index (χ3v) is 3.35. The Morgan fingerprint density at radius 2 is 2.23 bits per heavy atom. The summed E-state index contributed by atoms with van der Waals surface area (Å²) in [7, 11) is 0. The number of carbonyl (C=O) groups excluding carboxylic acids is 1. The summed E-state index contributed by atoms with van der Waals surface area (Å²) in [4.78, 5) is 11.8. The zero-order valence-electron chi connectivity index (χ0n) is 12.4. The summed E-state index contributed by atoms with van der Waals surface area (Å²) in [6.45, 7) is 3.26. The van der Waals surface area contributed by atoms with Crippen molar-refractivity contribution in [3.8, 4) is 5.75 Å². The van der Waals surface area contributed by atoms with Gasteiger partial charge in [-0.05, 0) is 43.2 Å². The van der Waals surface area contributed by atoms with E-state index in [4.69, 9.17) is 26.5 Å². The lowest BCUT2D eigenvalue weighted by molar-refractivity contribution is 0.0951. The highest BCUT2D eigenvalue weighted by Gasteiger charge is 2.08. The monoisotopic (exact) mass is 322 g/mol. The van der Waals surface area contributed by atoms with Crippen LogP contribution in [0.3, 0.4) is 0 Å². The van der Waals surface area contributed by atoms with Crippen molar-refractivity contribution >= 4 is 17.5 Å². The van der Waals surface area contributed by atoms with E-state index in [9.17, 15) is 4.79 Å². The van der Waals surface area contributed by atoms with Crippen LogP contribution in [0.5, 0.6) is 5.75 Å². The van der Waals surface area contributed by atoms with Crippen molar-refractivity contribution < 1.29 is 13.9 Å². The fourth-order valence-corrected chi connectivity index (χ4v) is 2.17. The van der Waals surface area contributed by atoms with Crippen molar-refractivity contribution in [3.05, 3.63) is 52.4 Å². The zero-order valence-corrected chi connectivity index (χ0v) is 13.2. The number of nitrogens with one attached hydrogen (secondary N) is 1. The predicted octanol–water partition coefficient (Wildman–Crippen LogP) is 2.90. The fraction of sp³-hybridized carbons (Fsp3) is 0.312. The van der Waals surface area contributed by atoms with Crippen LogP contribution in [0.25, 0.3) is 0 Å². The van der Waals surface area contributed by atoms with Crippen LogP contribution in [0.15, 0.2) is 34.9 Å². The van der Waals surface area contributed by atoms with E-state index in [0.717, 1.165) is 11.3 Å². The second kappa shape index (κ2) is 7.87. The summed E-state index contributed by atoms with van der Waals surface area (Å²) in [6, 6.07) is 7.13. The summed E-state index contributed by atoms with van der Waals surface area (Å²) in [5, 5.41) is 3.49. The predicted molar refractivity (Wildman–Crippen MR) is 85.2 cm³/mol. The highest BCUT2D eigenvalue weighted by Crippen LogP contribution is 2.21. The van der Waals surface area contributed by atoms with Crippen LogP contribution in [0, 0.1) is 6.92 Å². The number of rotatable bonds is 7. The lowest BCUT2D eigenvalue weighted by atomic mass is 10.2. The number of halogens is 1. The molecule has 0 aliphatic rings. The summed E-state index contributed by atoms with van der Waals surface area (Å²) in [6.07, 6.45) is 2.11. The molecule has 0 bridgehead atoms. The van der Waals surface area contributed by atoms with E-state index in [-0.39, 0.29) is 12.5 Å². The van der Waals surface area contributed by atoms with Gasteiger partial charge >= 0.3 is 0 Å². The molecule has 5 nitrogen and oxygen atoms in total. The Balaban J connectivity index is 1.69. The SMILES string of the molecule is Cc1cc(Cl)ccc1OCCCNC(=O)c1coc(CN)c1. The molecular weight excluding hydrogens is 304 g/mol. The van der Waals surface area contributed by atoms with Gasteiger partial charge in [0, 0.05) is 11.6 Å². The van der Waals surface area contributed by atoms with Crippen LogP contribution >= 0.6 is 11.6 Å². The minimum Gasteiger partial charge on any atom is -0.493 e. The van der Waals surface area contributed by atoms with Crippen LogP contribution in [-0.4, -0.2) is 19.1 Å². The molecule has 22 heavy (non-hydrogen) atoms. The Kier molecular flexibility index (Phi) is 5.86. The first kappa shape index (κ1) is 16.4. The van der Waals surface area contributed by atoms with E-state index < -0.39 is 0 Å². The van der Waals surface area contributed by atoms with Crippen LogP contribution in [0.4, 0.5) is 0 Å². The third kappa shape index (κ3) is 4.51. The lowest BCUT2D eigenvalue weighted by Crippen LogP contribution is -2.25. The maximum atomic E-state index is 11.8. The molecule has 3 N–H and O–H groups in total. The van der Waals surface area contributed by atoms with Crippen molar-refractivity contribution in [2.75, 3.05) is 13.2 Å². The summed E-state index contributed by atoms with van der Waals surface area (Å²) < 4.78 is 10.8. The van der Waals surface area contributed by atoms with E-state index in [1.807, 2.05) is 19.1 Å². The second-order valence-electron chi connectivity index (χ2n) is 4.87. The average Bonchev–Trinajstić information content (AvgIpc) is 2.97. The van der Waals surface area contributed by atoms with Crippen molar-refractivity contribution in [1.82, 2.24) is 5.32 Å². The maximum absolute atomic E-state index is 11.8. The number of ether oxygens (including phenoxy) is 1. The molecule has 0 fully saturated rings. The summed E-state index contributed by atoms with van der Waals surface area (Å²) in [5.74, 6) is 1.22. The van der Waals surface area contributed by atoms with Crippen molar-refractivity contribution in [1.29, 1.82) is 0 Å². The van der Waals surface area contributed by atoms with Gasteiger partial charge in [-0.1, -0.05) is 11.6 Å². The van der Waals surface area contributed by atoms with E-state index in [1.165, 1.54) is 6.26 Å². The number of hydrogen-bond donors (Lipinski definition) is 2. The van der Waals surface area contributed by atoms with Gasteiger partial charge in [0.25, 0.3) is 5.91 Å². The zero-order chi connectivity index (χ0) is 15.9. The molecule has 1 aromatic carbocycles. The molecule has 0 saturated heterocycles. The third-order valence-electron chi connectivity index (χ3n) is 3.12. The van der Waals surface area contributed by atoms with Crippen LogP contribution in [0.2, 0.25) is 5.02 Å². The number of aryl methyl sites for hydroxylation is 1. The molecule has 0 aliphatic carbocycles. The van der Waals surface area contributed by atoms with Gasteiger partial charge in [0.1, 0.15) is 17.8 Å². The summed E-state index contributed by atoms with van der Waals surface area (Å²) in [5.41, 5.74) is 6.90. The maximum Gasteiger partial charge on any atom is 0.254 e. The standard InChI is InChI=1S/C16H19ClN2O3/c1-11-7-13(17)3-4-15(11)21-6-2-5-19-16(20)12-8-14(9-18)22-10-12/h3-4,7-8,10H,2,5-6,9,18H2,1H3,(H,19,20). The quantitative estimate of drug-likeness (QED) is 0.768. The number of furan rings is 1. The fourth-order valence-electron chi connectivity index (χ4n) is 1.94. The molecule has 2 aromatic rings. The van der Waals surface area contributed by atoms with Crippen LogP contribution < -0.4 is 15.8 Å². The molecule has 0 saturated carbocycles. The highest BCUT2D eigenvalue weighted by molar-refractivity contribution is 6.30. The Morgan fingerprint density at radius 1 is 1.41 bits per heavy atom. The average molecular weight is 323 g/mol. The molecular formula is C16H19ClN2O3. The highest BCUT2D eigenvalue weighted by atomic mass is 35.5. The number of amides is 1. The van der Waals surface area contributed by atoms with E-state index in [2.05, 4.69) is 5.32 Å². The molecule has 0 spiro atoms. The number of nitrogens with two attached hydrogens (primary N) is 1. The van der Waals surface area contributed by atoms with Gasteiger partial charge in [-0.3, -0.25) is 4.79 Å². The van der Waals surface area contributed by atoms with Gasteiger partial charge in [0.15, 0.2) is 0 Å². The van der Waals surface area contributed by atoms with Gasteiger partial charge in [-0.2, -0.15) is 0 Å². The number of carbonyl (C=O) groups is 1. The van der Waals surface area contributed by atoms with Crippen molar-refractivity contribution in [3.63, 3.8) is 0 Å². The summed E-state index contributed by atoms with van der Waals surface area (Å²) >= 11 is 5.89. The molecule has 1 heterocycles. The minimum atomic E-state index is -0.175. The lowest BCUT2D eigenvalue weighted by Gasteiger charge is -2.09. The molecule has 0 aliphatic heterocycles. The first-order valence-corrected chi connectivity index (χ1v) is 7.42. The molecule has 0 radical (unpaired) electrons. The van der Waals surface area contributed by atoms with Crippen molar-refractivity contribution in [2.45, 2.75) is 19.9 Å².